The minimum absolute atomic E-state index is 0.233. The van der Waals surface area contributed by atoms with Gasteiger partial charge in [0, 0.05) is 16.1 Å². The molecule has 126 valence electrons. The smallest absolute Gasteiger partial charge is 0.325 e. The molecule has 0 saturated carbocycles. The third kappa shape index (κ3) is 5.51. The van der Waals surface area contributed by atoms with E-state index in [9.17, 15) is 14.4 Å². The number of halogens is 1. The number of aromatic nitrogens is 1. The van der Waals surface area contributed by atoms with Crippen molar-refractivity contribution in [1.82, 2.24) is 10.5 Å². The van der Waals surface area contributed by atoms with E-state index in [0.717, 1.165) is 4.47 Å². The largest absolute Gasteiger partial charge is 0.454 e. The second-order valence-electron chi connectivity index (χ2n) is 4.72. The first-order valence-corrected chi connectivity index (χ1v) is 7.66. The fourth-order valence-electron chi connectivity index (χ4n) is 1.66. The average Bonchev–Trinajstić information content (AvgIpc) is 2.96. The molecule has 2 rings (SSSR count). The lowest BCUT2D eigenvalue weighted by atomic mass is 10.2. The summed E-state index contributed by atoms with van der Waals surface area (Å²) in [4.78, 5) is 34.9. The Kier molecular flexibility index (Phi) is 6.07. The Labute approximate surface area is 145 Å². The van der Waals surface area contributed by atoms with E-state index in [1.165, 1.54) is 6.07 Å². The molecule has 0 bridgehead atoms. The predicted octanol–water partition coefficient (Wildman–Crippen LogP) is 1.66. The van der Waals surface area contributed by atoms with E-state index in [0.29, 0.717) is 11.3 Å². The van der Waals surface area contributed by atoms with Crippen LogP contribution in [0.2, 0.25) is 0 Å². The summed E-state index contributed by atoms with van der Waals surface area (Å²) in [5.74, 6) is -0.931. The lowest BCUT2D eigenvalue weighted by molar-refractivity contribution is -0.146. The van der Waals surface area contributed by atoms with Gasteiger partial charge in [-0.1, -0.05) is 21.1 Å². The number of hydrogen-bond acceptors (Lipinski definition) is 6. The number of carbonyl (C=O) groups excluding carboxylic acids is 3. The van der Waals surface area contributed by atoms with Gasteiger partial charge < -0.3 is 19.9 Å². The van der Waals surface area contributed by atoms with Gasteiger partial charge in [0.25, 0.3) is 11.8 Å². The van der Waals surface area contributed by atoms with Gasteiger partial charge in [0.05, 0.1) is 0 Å². The molecule has 2 amide bonds. The zero-order valence-corrected chi connectivity index (χ0v) is 14.3. The van der Waals surface area contributed by atoms with Crippen molar-refractivity contribution in [2.75, 3.05) is 18.5 Å². The molecule has 1 aromatic heterocycles. The lowest BCUT2D eigenvalue weighted by Crippen LogP contribution is -2.32. The van der Waals surface area contributed by atoms with E-state index in [1.54, 1.807) is 31.2 Å². The van der Waals surface area contributed by atoms with Gasteiger partial charge in [0.2, 0.25) is 0 Å². The molecule has 0 aliphatic carbocycles. The highest BCUT2D eigenvalue weighted by Crippen LogP contribution is 2.10. The number of ether oxygens (including phenoxy) is 1. The number of amides is 2. The summed E-state index contributed by atoms with van der Waals surface area (Å²) in [6.07, 6.45) is 0. The van der Waals surface area contributed by atoms with Crippen molar-refractivity contribution in [3.05, 3.63) is 46.1 Å². The molecule has 1 heterocycles. The molecule has 2 aromatic rings. The minimum Gasteiger partial charge on any atom is -0.454 e. The summed E-state index contributed by atoms with van der Waals surface area (Å²) in [7, 11) is 0. The van der Waals surface area contributed by atoms with Crippen molar-refractivity contribution >= 4 is 39.5 Å². The average molecular weight is 396 g/mol. The number of rotatable bonds is 6. The zero-order chi connectivity index (χ0) is 17.5. The van der Waals surface area contributed by atoms with Crippen LogP contribution >= 0.6 is 15.9 Å². The van der Waals surface area contributed by atoms with E-state index in [-0.39, 0.29) is 12.4 Å². The fraction of sp³-hybridized carbons (Fsp3) is 0.200. The first kappa shape index (κ1) is 17.7. The Morgan fingerprint density at radius 3 is 2.58 bits per heavy atom. The molecule has 0 fully saturated rings. The van der Waals surface area contributed by atoms with Crippen molar-refractivity contribution in [1.29, 1.82) is 0 Å². The predicted molar refractivity (Wildman–Crippen MR) is 87.3 cm³/mol. The van der Waals surface area contributed by atoms with Crippen molar-refractivity contribution < 1.29 is 23.6 Å². The summed E-state index contributed by atoms with van der Waals surface area (Å²) in [6.45, 7) is 0.848. The monoisotopic (exact) mass is 395 g/mol. The number of nitrogens with one attached hydrogen (secondary N) is 2. The lowest BCUT2D eigenvalue weighted by Gasteiger charge is -2.06. The highest BCUT2D eigenvalue weighted by molar-refractivity contribution is 9.10. The molecule has 0 atom stereocenters. The number of carbonyl (C=O) groups is 3. The van der Waals surface area contributed by atoms with Gasteiger partial charge in [0.1, 0.15) is 12.3 Å². The normalized spacial score (nSPS) is 10.1. The van der Waals surface area contributed by atoms with Gasteiger partial charge in [-0.2, -0.15) is 0 Å². The number of hydrogen-bond donors (Lipinski definition) is 2. The molecule has 1 aromatic carbocycles. The molecule has 0 saturated heterocycles. The van der Waals surface area contributed by atoms with E-state index in [4.69, 9.17) is 9.26 Å². The van der Waals surface area contributed by atoms with Gasteiger partial charge in [-0.15, -0.1) is 0 Å². The maximum absolute atomic E-state index is 11.8. The molecule has 2 N–H and O–H groups in total. The van der Waals surface area contributed by atoms with Gasteiger partial charge in [-0.25, -0.2) is 0 Å². The van der Waals surface area contributed by atoms with E-state index in [1.807, 2.05) is 0 Å². The Morgan fingerprint density at radius 2 is 1.96 bits per heavy atom. The van der Waals surface area contributed by atoms with Gasteiger partial charge in [-0.05, 0) is 31.2 Å². The maximum atomic E-state index is 11.8. The Bertz CT molecular complexity index is 742. The second kappa shape index (κ2) is 8.25. The van der Waals surface area contributed by atoms with Crippen LogP contribution in [0.1, 0.15) is 16.1 Å². The van der Waals surface area contributed by atoms with Gasteiger partial charge in [-0.3, -0.25) is 14.4 Å². The van der Waals surface area contributed by atoms with Crippen LogP contribution in [0.25, 0.3) is 0 Å². The van der Waals surface area contributed by atoms with Crippen molar-refractivity contribution in [3.63, 3.8) is 0 Å². The summed E-state index contributed by atoms with van der Waals surface area (Å²) < 4.78 is 10.4. The van der Waals surface area contributed by atoms with Crippen LogP contribution in [0, 0.1) is 6.92 Å². The number of anilines is 1. The standard InChI is InChI=1S/C15H14BrN3O5/c1-9-6-12(19-24-9)18-13(20)8-23-14(21)7-17-15(22)10-2-4-11(16)5-3-10/h2-6H,7-8H2,1H3,(H,17,22)(H,18,19,20). The van der Waals surface area contributed by atoms with E-state index < -0.39 is 24.4 Å². The molecular formula is C15H14BrN3O5. The number of nitrogens with zero attached hydrogens (tertiary/aromatic N) is 1. The minimum atomic E-state index is -0.730. The topological polar surface area (TPSA) is 111 Å². The highest BCUT2D eigenvalue weighted by atomic mass is 79.9. The molecule has 0 unspecified atom stereocenters. The zero-order valence-electron chi connectivity index (χ0n) is 12.7. The quantitative estimate of drug-likeness (QED) is 0.719. The molecule has 0 radical (unpaired) electrons. The van der Waals surface area contributed by atoms with Crippen LogP contribution in [0.15, 0.2) is 39.3 Å². The van der Waals surface area contributed by atoms with Crippen LogP contribution in [0.4, 0.5) is 5.82 Å². The molecule has 0 spiro atoms. The number of aryl methyl sites for hydroxylation is 1. The molecule has 24 heavy (non-hydrogen) atoms. The summed E-state index contributed by atoms with van der Waals surface area (Å²) in [6, 6.07) is 8.17. The van der Waals surface area contributed by atoms with Crippen LogP contribution in [-0.4, -0.2) is 36.1 Å². The third-order valence-electron chi connectivity index (χ3n) is 2.76. The Morgan fingerprint density at radius 1 is 1.25 bits per heavy atom. The molecule has 9 heteroatoms. The first-order chi connectivity index (χ1) is 11.4. The Hall–Kier alpha value is -2.68. The summed E-state index contributed by atoms with van der Waals surface area (Å²) >= 11 is 3.26. The summed E-state index contributed by atoms with van der Waals surface area (Å²) in [5, 5.41) is 8.38. The van der Waals surface area contributed by atoms with E-state index >= 15 is 0 Å². The molecular weight excluding hydrogens is 382 g/mol. The molecule has 8 nitrogen and oxygen atoms in total. The number of benzene rings is 1. The van der Waals surface area contributed by atoms with Crippen LogP contribution in [0.3, 0.4) is 0 Å². The van der Waals surface area contributed by atoms with Gasteiger partial charge >= 0.3 is 5.97 Å². The fourth-order valence-corrected chi connectivity index (χ4v) is 1.92. The molecule has 0 aliphatic rings. The van der Waals surface area contributed by atoms with Crippen LogP contribution < -0.4 is 10.6 Å². The molecule has 0 aliphatic heterocycles. The second-order valence-corrected chi connectivity index (χ2v) is 5.64. The SMILES string of the molecule is Cc1cc(NC(=O)COC(=O)CNC(=O)c2ccc(Br)cc2)no1. The first-order valence-electron chi connectivity index (χ1n) is 6.86. The summed E-state index contributed by atoms with van der Waals surface area (Å²) in [5.41, 5.74) is 0.408. The third-order valence-corrected chi connectivity index (χ3v) is 3.29. The van der Waals surface area contributed by atoms with Gasteiger partial charge in [0.15, 0.2) is 12.4 Å². The number of esters is 1. The van der Waals surface area contributed by atoms with Crippen molar-refractivity contribution in [2.45, 2.75) is 6.92 Å². The van der Waals surface area contributed by atoms with Crippen LogP contribution in [-0.2, 0) is 14.3 Å². The van der Waals surface area contributed by atoms with Crippen molar-refractivity contribution in [2.24, 2.45) is 0 Å². The van der Waals surface area contributed by atoms with E-state index in [2.05, 4.69) is 31.7 Å². The van der Waals surface area contributed by atoms with Crippen molar-refractivity contribution in [3.8, 4) is 0 Å². The Balaban J connectivity index is 1.70. The maximum Gasteiger partial charge on any atom is 0.325 e. The highest BCUT2D eigenvalue weighted by Gasteiger charge is 2.12. The van der Waals surface area contributed by atoms with Crippen LogP contribution in [0.5, 0.6) is 0 Å².